The maximum Gasteiger partial charge on any atom is 0.291 e. The molecule has 0 N–H and O–H groups in total. The molecule has 0 saturated carbocycles. The fraction of sp³-hybridized carbons (Fsp3) is 1.00. The van der Waals surface area contributed by atoms with E-state index in [0.717, 1.165) is 0 Å². The molecule has 0 fully saturated rings. The molecule has 0 spiro atoms. The lowest BCUT2D eigenvalue weighted by atomic mass is 10.5. The Balaban J connectivity index is 4.14. The molecule has 0 nitrogen and oxygen atoms in total. The molecule has 0 atom stereocenters. The van der Waals surface area contributed by atoms with Gasteiger partial charge in [-0.3, -0.25) is 0 Å². The standard InChI is InChI=1S/C3H2Cl5F/c4-1-2(5,6)3(7,8)9/h1H2. The number of hydrogen-bond acceptors (Lipinski definition) is 0. The highest BCUT2D eigenvalue weighted by Gasteiger charge is 2.47. The Kier molecular flexibility index (Phi) is 3.67. The van der Waals surface area contributed by atoms with Crippen LogP contribution in [0.2, 0.25) is 0 Å². The van der Waals surface area contributed by atoms with Crippen molar-refractivity contribution in [2.45, 2.75) is 8.92 Å². The number of hydrogen-bond donors (Lipinski definition) is 0. The van der Waals surface area contributed by atoms with Crippen molar-refractivity contribution in [1.29, 1.82) is 0 Å². The van der Waals surface area contributed by atoms with Crippen molar-refractivity contribution in [3.63, 3.8) is 0 Å². The molecule has 0 radical (unpaired) electrons. The quantitative estimate of drug-likeness (QED) is 0.641. The van der Waals surface area contributed by atoms with Crippen LogP contribution in [-0.2, 0) is 0 Å². The highest BCUT2D eigenvalue weighted by molar-refractivity contribution is 6.63. The summed E-state index contributed by atoms with van der Waals surface area (Å²) in [6.07, 6.45) is 0. The Morgan fingerprint density at radius 1 is 1.11 bits per heavy atom. The van der Waals surface area contributed by atoms with Gasteiger partial charge in [0.05, 0.1) is 5.88 Å². The van der Waals surface area contributed by atoms with Crippen LogP contribution >= 0.6 is 58.0 Å². The van der Waals surface area contributed by atoms with Gasteiger partial charge in [0.15, 0.2) is 4.33 Å². The van der Waals surface area contributed by atoms with Gasteiger partial charge in [-0.25, -0.2) is 4.39 Å². The maximum atomic E-state index is 12.3. The highest BCUT2D eigenvalue weighted by atomic mass is 35.5. The van der Waals surface area contributed by atoms with Gasteiger partial charge in [-0.15, -0.1) is 11.6 Å². The summed E-state index contributed by atoms with van der Waals surface area (Å²) in [5.74, 6) is -0.375. The van der Waals surface area contributed by atoms with Crippen LogP contribution in [0.15, 0.2) is 0 Å². The minimum atomic E-state index is -2.71. The predicted molar refractivity (Wildman–Crippen MR) is 40.7 cm³/mol. The minimum Gasteiger partial charge on any atom is -0.205 e. The van der Waals surface area contributed by atoms with E-state index >= 15 is 0 Å². The van der Waals surface area contributed by atoms with Crippen molar-refractivity contribution in [1.82, 2.24) is 0 Å². The van der Waals surface area contributed by atoms with Gasteiger partial charge >= 0.3 is 0 Å². The molecular weight excluding hydrogens is 232 g/mol. The Hall–Kier alpha value is 1.38. The van der Waals surface area contributed by atoms with E-state index in [1.54, 1.807) is 0 Å². The van der Waals surface area contributed by atoms with E-state index in [9.17, 15) is 4.39 Å². The molecule has 56 valence electrons. The van der Waals surface area contributed by atoms with Crippen LogP contribution in [0, 0.1) is 0 Å². The van der Waals surface area contributed by atoms with Crippen molar-refractivity contribution in [2.75, 3.05) is 5.88 Å². The summed E-state index contributed by atoms with van der Waals surface area (Å²) in [5.41, 5.74) is 0. The van der Waals surface area contributed by atoms with Crippen LogP contribution in [0.1, 0.15) is 0 Å². The maximum absolute atomic E-state index is 12.3. The van der Waals surface area contributed by atoms with Gasteiger partial charge in [-0.1, -0.05) is 46.4 Å². The molecule has 0 aliphatic rings. The lowest BCUT2D eigenvalue weighted by molar-refractivity contribution is 0.369. The van der Waals surface area contributed by atoms with Gasteiger partial charge in [0.1, 0.15) is 0 Å². The molecule has 0 aromatic rings. The summed E-state index contributed by atoms with van der Waals surface area (Å²) >= 11 is 25.2. The molecule has 6 heteroatoms. The SMILES string of the molecule is FC(Cl)(Cl)C(Cl)(Cl)CCl. The van der Waals surface area contributed by atoms with E-state index in [1.807, 2.05) is 0 Å². The van der Waals surface area contributed by atoms with Gasteiger partial charge in [0.2, 0.25) is 0 Å². The van der Waals surface area contributed by atoms with Crippen LogP contribution < -0.4 is 0 Å². The molecule has 0 aliphatic heterocycles. The highest BCUT2D eigenvalue weighted by Crippen LogP contribution is 2.44. The molecular formula is C3H2Cl5F. The van der Waals surface area contributed by atoms with Crippen LogP contribution in [0.4, 0.5) is 4.39 Å². The third kappa shape index (κ3) is 2.85. The molecule has 0 aromatic heterocycles. The van der Waals surface area contributed by atoms with E-state index in [0.29, 0.717) is 0 Å². The Bertz CT molecular complexity index is 94.9. The number of halogens is 6. The Morgan fingerprint density at radius 2 is 1.44 bits per heavy atom. The summed E-state index contributed by atoms with van der Waals surface area (Å²) in [6.45, 7) is 0. The predicted octanol–water partition coefficient (Wildman–Crippen LogP) is 3.50. The average molecular weight is 234 g/mol. The van der Waals surface area contributed by atoms with Gasteiger partial charge < -0.3 is 0 Å². The monoisotopic (exact) mass is 232 g/mol. The first-order chi connectivity index (χ1) is 3.81. The first-order valence-corrected chi connectivity index (χ1v) is 3.86. The smallest absolute Gasteiger partial charge is 0.205 e. The zero-order valence-corrected chi connectivity index (χ0v) is 7.75. The molecule has 0 aromatic carbocycles. The van der Waals surface area contributed by atoms with Crippen LogP contribution in [0.3, 0.4) is 0 Å². The Morgan fingerprint density at radius 3 is 1.44 bits per heavy atom. The lowest BCUT2D eigenvalue weighted by Crippen LogP contribution is -2.33. The van der Waals surface area contributed by atoms with E-state index < -0.39 is 8.92 Å². The summed E-state index contributed by atoms with van der Waals surface area (Å²) in [6, 6.07) is 0. The third-order valence-electron chi connectivity index (χ3n) is 0.583. The molecule has 0 unspecified atom stereocenters. The van der Waals surface area contributed by atoms with Gasteiger partial charge in [-0.05, 0) is 0 Å². The molecule has 0 aliphatic carbocycles. The van der Waals surface area contributed by atoms with E-state index in [2.05, 4.69) is 0 Å². The van der Waals surface area contributed by atoms with E-state index in [4.69, 9.17) is 58.0 Å². The Labute approximate surface area is 77.2 Å². The molecule has 9 heavy (non-hydrogen) atoms. The van der Waals surface area contributed by atoms with Crippen LogP contribution in [0.5, 0.6) is 0 Å². The van der Waals surface area contributed by atoms with Crippen molar-refractivity contribution < 1.29 is 4.39 Å². The van der Waals surface area contributed by atoms with E-state index in [1.165, 1.54) is 0 Å². The second-order valence-corrected chi connectivity index (χ2v) is 4.32. The molecule has 0 saturated heterocycles. The number of rotatable bonds is 2. The summed E-state index contributed by atoms with van der Waals surface area (Å²) in [4.78, 5) is 0. The molecule has 0 amide bonds. The lowest BCUT2D eigenvalue weighted by Gasteiger charge is -2.22. The van der Waals surface area contributed by atoms with Crippen molar-refractivity contribution >= 4 is 58.0 Å². The zero-order valence-electron chi connectivity index (χ0n) is 3.97. The molecule has 0 rings (SSSR count). The number of alkyl halides is 6. The molecule has 0 heterocycles. The average Bonchev–Trinajstić information content (AvgIpc) is 1.64. The second kappa shape index (κ2) is 3.19. The molecule has 0 bridgehead atoms. The summed E-state index contributed by atoms with van der Waals surface area (Å²) in [7, 11) is 0. The van der Waals surface area contributed by atoms with Crippen molar-refractivity contribution in [2.24, 2.45) is 0 Å². The fourth-order valence-electron chi connectivity index (χ4n) is 0.0758. The first-order valence-electron chi connectivity index (χ1n) is 1.82. The topological polar surface area (TPSA) is 0 Å². The van der Waals surface area contributed by atoms with Crippen molar-refractivity contribution in [3.05, 3.63) is 0 Å². The first kappa shape index (κ1) is 10.4. The van der Waals surface area contributed by atoms with Crippen LogP contribution in [0.25, 0.3) is 0 Å². The third-order valence-corrected chi connectivity index (χ3v) is 3.08. The van der Waals surface area contributed by atoms with Gasteiger partial charge in [0, 0.05) is 0 Å². The van der Waals surface area contributed by atoms with Crippen LogP contribution in [-0.4, -0.2) is 14.8 Å². The van der Waals surface area contributed by atoms with Crippen molar-refractivity contribution in [3.8, 4) is 0 Å². The summed E-state index contributed by atoms with van der Waals surface area (Å²) < 4.78 is 7.69. The largest absolute Gasteiger partial charge is 0.291 e. The zero-order chi connectivity index (χ0) is 7.71. The van der Waals surface area contributed by atoms with E-state index in [-0.39, 0.29) is 5.88 Å². The minimum absolute atomic E-state index is 0.375. The second-order valence-electron chi connectivity index (χ2n) is 1.34. The summed E-state index contributed by atoms with van der Waals surface area (Å²) in [5, 5.41) is 0. The normalized spacial score (nSPS) is 14.0. The fourth-order valence-corrected chi connectivity index (χ4v) is 0.530. The van der Waals surface area contributed by atoms with Gasteiger partial charge in [0.25, 0.3) is 4.59 Å². The van der Waals surface area contributed by atoms with Gasteiger partial charge in [-0.2, -0.15) is 0 Å².